The summed E-state index contributed by atoms with van der Waals surface area (Å²) >= 11 is 6.28. The first kappa shape index (κ1) is 16.3. The summed E-state index contributed by atoms with van der Waals surface area (Å²) in [5, 5.41) is 4.17. The molecule has 0 saturated heterocycles. The van der Waals surface area contributed by atoms with E-state index in [9.17, 15) is 0 Å². The molecule has 0 heterocycles. The van der Waals surface area contributed by atoms with Crippen LogP contribution < -0.4 is 10.1 Å². The molecule has 0 saturated carbocycles. The molecular formula is C16H26ClNO. The van der Waals surface area contributed by atoms with Crippen LogP contribution in [0.4, 0.5) is 0 Å². The molecule has 19 heavy (non-hydrogen) atoms. The second-order valence-corrected chi connectivity index (χ2v) is 5.65. The summed E-state index contributed by atoms with van der Waals surface area (Å²) in [6, 6.07) is 6.31. The minimum Gasteiger partial charge on any atom is -0.493 e. The molecule has 0 unspecified atom stereocenters. The third-order valence-corrected chi connectivity index (χ3v) is 3.75. The highest BCUT2D eigenvalue weighted by atomic mass is 35.5. The Morgan fingerprint density at radius 3 is 2.47 bits per heavy atom. The van der Waals surface area contributed by atoms with Gasteiger partial charge in [-0.25, -0.2) is 0 Å². The molecule has 0 aliphatic carbocycles. The lowest BCUT2D eigenvalue weighted by molar-refractivity contribution is 0.238. The standard InChI is InChI=1S/C16H26ClNO/c1-5-13(6-2)11-19-16-9-7-8-15(17)14(16)10-18-12(3)4/h7-9,12-13,18H,5-6,10-11H2,1-4H3. The van der Waals surface area contributed by atoms with Gasteiger partial charge < -0.3 is 10.1 Å². The monoisotopic (exact) mass is 283 g/mol. The minimum absolute atomic E-state index is 0.433. The summed E-state index contributed by atoms with van der Waals surface area (Å²) in [6.07, 6.45) is 2.30. The number of hydrogen-bond acceptors (Lipinski definition) is 2. The highest BCUT2D eigenvalue weighted by Crippen LogP contribution is 2.27. The Balaban J connectivity index is 2.73. The van der Waals surface area contributed by atoms with Gasteiger partial charge in [0.2, 0.25) is 0 Å². The van der Waals surface area contributed by atoms with E-state index in [1.54, 1.807) is 0 Å². The van der Waals surface area contributed by atoms with Crippen LogP contribution in [0.5, 0.6) is 5.75 Å². The van der Waals surface area contributed by atoms with E-state index in [-0.39, 0.29) is 0 Å². The van der Waals surface area contributed by atoms with Crippen molar-refractivity contribution in [1.82, 2.24) is 5.32 Å². The van der Waals surface area contributed by atoms with Crippen LogP contribution in [0.2, 0.25) is 5.02 Å². The fraction of sp³-hybridized carbons (Fsp3) is 0.625. The number of nitrogens with one attached hydrogen (secondary N) is 1. The molecule has 2 nitrogen and oxygen atoms in total. The Morgan fingerprint density at radius 1 is 1.21 bits per heavy atom. The molecule has 0 radical (unpaired) electrons. The van der Waals surface area contributed by atoms with Crippen molar-refractivity contribution < 1.29 is 4.74 Å². The molecule has 1 aromatic carbocycles. The normalized spacial score (nSPS) is 11.3. The zero-order valence-electron chi connectivity index (χ0n) is 12.5. The molecule has 1 aromatic rings. The molecule has 0 spiro atoms. The van der Waals surface area contributed by atoms with Gasteiger partial charge in [-0.2, -0.15) is 0 Å². The maximum atomic E-state index is 6.28. The van der Waals surface area contributed by atoms with Crippen molar-refractivity contribution in [2.24, 2.45) is 5.92 Å². The highest BCUT2D eigenvalue weighted by molar-refractivity contribution is 6.31. The van der Waals surface area contributed by atoms with Gasteiger partial charge in [-0.1, -0.05) is 58.2 Å². The number of benzene rings is 1. The second-order valence-electron chi connectivity index (χ2n) is 5.25. The summed E-state index contributed by atoms with van der Waals surface area (Å²) in [4.78, 5) is 0. The summed E-state index contributed by atoms with van der Waals surface area (Å²) < 4.78 is 5.97. The molecule has 0 atom stereocenters. The van der Waals surface area contributed by atoms with Crippen molar-refractivity contribution in [2.45, 2.75) is 53.1 Å². The van der Waals surface area contributed by atoms with Gasteiger partial charge in [0.25, 0.3) is 0 Å². The number of halogens is 1. The predicted octanol–water partition coefficient (Wildman–Crippen LogP) is 4.65. The number of hydrogen-bond donors (Lipinski definition) is 1. The fourth-order valence-electron chi connectivity index (χ4n) is 1.88. The smallest absolute Gasteiger partial charge is 0.125 e. The first-order chi connectivity index (χ1) is 9.08. The van der Waals surface area contributed by atoms with E-state index >= 15 is 0 Å². The van der Waals surface area contributed by atoms with E-state index in [1.807, 2.05) is 18.2 Å². The third kappa shape index (κ3) is 5.42. The van der Waals surface area contributed by atoms with Gasteiger partial charge in [-0.3, -0.25) is 0 Å². The Kier molecular flexibility index (Phi) is 7.25. The average Bonchev–Trinajstić information content (AvgIpc) is 2.38. The van der Waals surface area contributed by atoms with Crippen molar-refractivity contribution in [2.75, 3.05) is 6.61 Å². The van der Waals surface area contributed by atoms with Crippen molar-refractivity contribution >= 4 is 11.6 Å². The summed E-state index contributed by atoms with van der Waals surface area (Å²) in [5.41, 5.74) is 1.06. The van der Waals surface area contributed by atoms with Gasteiger partial charge in [0.15, 0.2) is 0 Å². The molecule has 1 rings (SSSR count). The van der Waals surface area contributed by atoms with E-state index in [0.717, 1.165) is 42.3 Å². The van der Waals surface area contributed by atoms with Gasteiger partial charge >= 0.3 is 0 Å². The van der Waals surface area contributed by atoms with Crippen LogP contribution >= 0.6 is 11.6 Å². The maximum absolute atomic E-state index is 6.28. The average molecular weight is 284 g/mol. The SMILES string of the molecule is CCC(CC)COc1cccc(Cl)c1CNC(C)C. The molecule has 0 aliphatic heterocycles. The summed E-state index contributed by atoms with van der Waals surface area (Å²) in [6.45, 7) is 10.2. The molecule has 0 fully saturated rings. The first-order valence-electron chi connectivity index (χ1n) is 7.22. The van der Waals surface area contributed by atoms with Gasteiger partial charge in [-0.15, -0.1) is 0 Å². The van der Waals surface area contributed by atoms with Crippen LogP contribution in [0.15, 0.2) is 18.2 Å². The lowest BCUT2D eigenvalue weighted by atomic mass is 10.1. The van der Waals surface area contributed by atoms with E-state index in [0.29, 0.717) is 12.0 Å². The quantitative estimate of drug-likeness (QED) is 0.750. The molecule has 108 valence electrons. The molecule has 3 heteroatoms. The first-order valence-corrected chi connectivity index (χ1v) is 7.59. The fourth-order valence-corrected chi connectivity index (χ4v) is 2.12. The van der Waals surface area contributed by atoms with Crippen molar-refractivity contribution in [1.29, 1.82) is 0 Å². The van der Waals surface area contributed by atoms with Crippen molar-refractivity contribution in [3.63, 3.8) is 0 Å². The van der Waals surface area contributed by atoms with Crippen molar-refractivity contribution in [3.8, 4) is 5.75 Å². The van der Waals surface area contributed by atoms with Crippen LogP contribution in [0.3, 0.4) is 0 Å². The number of ether oxygens (including phenoxy) is 1. The van der Waals surface area contributed by atoms with Crippen LogP contribution in [-0.4, -0.2) is 12.6 Å². The largest absolute Gasteiger partial charge is 0.493 e. The lowest BCUT2D eigenvalue weighted by Gasteiger charge is -2.18. The minimum atomic E-state index is 0.433. The Morgan fingerprint density at radius 2 is 1.89 bits per heavy atom. The molecule has 0 bridgehead atoms. The van der Waals surface area contributed by atoms with E-state index < -0.39 is 0 Å². The van der Waals surface area contributed by atoms with Gasteiger partial charge in [0.05, 0.1) is 6.61 Å². The molecule has 0 amide bonds. The zero-order valence-corrected chi connectivity index (χ0v) is 13.3. The maximum Gasteiger partial charge on any atom is 0.125 e. The van der Waals surface area contributed by atoms with E-state index in [2.05, 4.69) is 33.0 Å². The van der Waals surface area contributed by atoms with Gasteiger partial charge in [0.1, 0.15) is 5.75 Å². The predicted molar refractivity (Wildman–Crippen MR) is 83.0 cm³/mol. The van der Waals surface area contributed by atoms with Crippen molar-refractivity contribution in [3.05, 3.63) is 28.8 Å². The zero-order chi connectivity index (χ0) is 14.3. The van der Waals surface area contributed by atoms with Gasteiger partial charge in [-0.05, 0) is 18.1 Å². The Labute approximate surface area is 122 Å². The van der Waals surface area contributed by atoms with E-state index in [4.69, 9.17) is 16.3 Å². The molecule has 1 N–H and O–H groups in total. The second kappa shape index (κ2) is 8.44. The molecule has 0 aromatic heterocycles. The van der Waals surface area contributed by atoms with Crippen LogP contribution in [0.1, 0.15) is 46.1 Å². The van der Waals surface area contributed by atoms with Crippen LogP contribution in [0, 0.1) is 5.92 Å². The number of rotatable bonds is 8. The third-order valence-electron chi connectivity index (χ3n) is 3.39. The summed E-state index contributed by atoms with van der Waals surface area (Å²) in [7, 11) is 0. The van der Waals surface area contributed by atoms with E-state index in [1.165, 1.54) is 0 Å². The Bertz CT molecular complexity index is 375. The lowest BCUT2D eigenvalue weighted by Crippen LogP contribution is -2.22. The highest BCUT2D eigenvalue weighted by Gasteiger charge is 2.11. The molecule has 0 aliphatic rings. The van der Waals surface area contributed by atoms with Crippen LogP contribution in [0.25, 0.3) is 0 Å². The van der Waals surface area contributed by atoms with Crippen LogP contribution in [-0.2, 0) is 6.54 Å². The van der Waals surface area contributed by atoms with Gasteiger partial charge in [0, 0.05) is 23.2 Å². The topological polar surface area (TPSA) is 21.3 Å². The Hall–Kier alpha value is -0.730. The summed E-state index contributed by atoms with van der Waals surface area (Å²) in [5.74, 6) is 1.53. The molecular weight excluding hydrogens is 258 g/mol.